The van der Waals surface area contributed by atoms with Gasteiger partial charge in [0.1, 0.15) is 12.1 Å². The highest BCUT2D eigenvalue weighted by Crippen LogP contribution is 2.73. The first-order chi connectivity index (χ1) is 26.9. The Kier molecular flexibility index (Phi) is 12.2. The van der Waals surface area contributed by atoms with Gasteiger partial charge in [-0.25, -0.2) is 4.79 Å². The van der Waals surface area contributed by atoms with Crippen LogP contribution in [0.5, 0.6) is 0 Å². The maximum absolute atomic E-state index is 13.5. The van der Waals surface area contributed by atoms with Crippen molar-refractivity contribution in [3.05, 3.63) is 47.0 Å². The SMILES string of the molecule is COC(=O)C(Cc1ccccc1)NC(=O)CC(C)(O)CC(=O)O[C@H]1[C@H](O)C[C@]2(C)C3=C(CC[C@H]2C1(C)C)[C@]1(C)CC[C@H]([C@H]2CC[C@H](C(C)(C)O)O[C@H]2O)[C@@]1(C)[C@@H](O)C3. The lowest BCUT2D eigenvalue weighted by molar-refractivity contribution is -0.251. The van der Waals surface area contributed by atoms with Crippen molar-refractivity contribution in [2.24, 2.45) is 39.4 Å². The Morgan fingerprint density at radius 2 is 1.60 bits per heavy atom. The van der Waals surface area contributed by atoms with Gasteiger partial charge in [-0.3, -0.25) is 9.59 Å². The third-order valence-corrected chi connectivity index (χ3v) is 16.0. The van der Waals surface area contributed by atoms with Crippen molar-refractivity contribution in [1.82, 2.24) is 5.32 Å². The number of methoxy groups -OCH3 is 1. The van der Waals surface area contributed by atoms with E-state index < -0.39 is 94.9 Å². The van der Waals surface area contributed by atoms with E-state index >= 15 is 0 Å². The van der Waals surface area contributed by atoms with Gasteiger partial charge >= 0.3 is 11.9 Å². The number of amides is 1. The van der Waals surface area contributed by atoms with Crippen molar-refractivity contribution in [1.29, 1.82) is 0 Å². The molecule has 1 aromatic carbocycles. The van der Waals surface area contributed by atoms with E-state index in [-0.39, 0.29) is 29.6 Å². The van der Waals surface area contributed by atoms with Crippen LogP contribution in [0.2, 0.25) is 0 Å². The highest BCUT2D eigenvalue weighted by Gasteiger charge is 2.68. The number of hydrogen-bond donors (Lipinski definition) is 6. The van der Waals surface area contributed by atoms with E-state index in [1.807, 2.05) is 44.2 Å². The zero-order valence-corrected chi connectivity index (χ0v) is 36.0. The Hall–Kier alpha value is -2.87. The number of nitrogens with one attached hydrogen (secondary N) is 1. The van der Waals surface area contributed by atoms with Gasteiger partial charge in [-0.1, -0.05) is 76.1 Å². The van der Waals surface area contributed by atoms with Gasteiger partial charge in [0.25, 0.3) is 0 Å². The van der Waals surface area contributed by atoms with Crippen LogP contribution in [0.4, 0.5) is 0 Å². The molecule has 1 saturated heterocycles. The molecule has 5 aliphatic rings. The van der Waals surface area contributed by atoms with Gasteiger partial charge in [-0.05, 0) is 100 Å². The van der Waals surface area contributed by atoms with Gasteiger partial charge in [0.2, 0.25) is 5.91 Å². The van der Waals surface area contributed by atoms with E-state index in [1.54, 1.807) is 13.8 Å². The van der Waals surface area contributed by atoms with Crippen molar-refractivity contribution in [3.8, 4) is 0 Å². The van der Waals surface area contributed by atoms with Gasteiger partial charge < -0.3 is 45.1 Å². The Balaban J connectivity index is 1.14. The minimum absolute atomic E-state index is 0.01000. The average Bonchev–Trinajstić information content (AvgIpc) is 3.41. The Bertz CT molecular complexity index is 1740. The molecule has 6 N–H and O–H groups in total. The van der Waals surface area contributed by atoms with Gasteiger partial charge in [-0.2, -0.15) is 0 Å². The fourth-order valence-corrected chi connectivity index (χ4v) is 12.9. The van der Waals surface area contributed by atoms with Crippen LogP contribution in [0.25, 0.3) is 0 Å². The minimum atomic E-state index is -1.80. The molecule has 12 nitrogen and oxygen atoms in total. The van der Waals surface area contributed by atoms with Crippen molar-refractivity contribution < 1.29 is 54.1 Å². The lowest BCUT2D eigenvalue weighted by Gasteiger charge is -2.64. The third-order valence-electron chi connectivity index (χ3n) is 16.0. The number of carbonyl (C=O) groups excluding carboxylic acids is 3. The number of esters is 2. The summed E-state index contributed by atoms with van der Waals surface area (Å²) in [4.78, 5) is 39.1. The van der Waals surface area contributed by atoms with Crippen molar-refractivity contribution in [2.45, 2.75) is 174 Å². The normalized spacial score (nSPS) is 38.7. The summed E-state index contributed by atoms with van der Waals surface area (Å²) in [7, 11) is 1.24. The molecule has 58 heavy (non-hydrogen) atoms. The summed E-state index contributed by atoms with van der Waals surface area (Å²) < 4.78 is 17.0. The molecule has 2 unspecified atom stereocenters. The Labute approximate surface area is 344 Å². The number of ether oxygens (including phenoxy) is 3. The van der Waals surface area contributed by atoms with Crippen LogP contribution in [-0.4, -0.2) is 98.4 Å². The van der Waals surface area contributed by atoms with Crippen LogP contribution in [0, 0.1) is 39.4 Å². The van der Waals surface area contributed by atoms with Crippen LogP contribution < -0.4 is 5.32 Å². The number of fused-ring (bicyclic) bond motifs is 4. The largest absolute Gasteiger partial charge is 0.467 e. The Morgan fingerprint density at radius 3 is 2.22 bits per heavy atom. The van der Waals surface area contributed by atoms with Crippen LogP contribution in [0.3, 0.4) is 0 Å². The molecular formula is C46H69NO11. The lowest BCUT2D eigenvalue weighted by Crippen LogP contribution is -2.62. The maximum atomic E-state index is 13.5. The summed E-state index contributed by atoms with van der Waals surface area (Å²) in [6, 6.07) is 8.18. The second-order valence-electron chi connectivity index (χ2n) is 20.5. The Morgan fingerprint density at radius 1 is 0.931 bits per heavy atom. The molecule has 6 rings (SSSR count). The highest BCUT2D eigenvalue weighted by atomic mass is 16.6. The molecule has 3 fully saturated rings. The first-order valence-corrected chi connectivity index (χ1v) is 21.4. The summed E-state index contributed by atoms with van der Waals surface area (Å²) in [5.74, 6) is -2.12. The molecule has 2 saturated carbocycles. The van der Waals surface area contributed by atoms with E-state index in [0.29, 0.717) is 25.7 Å². The molecule has 324 valence electrons. The predicted molar refractivity (Wildman–Crippen MR) is 216 cm³/mol. The summed E-state index contributed by atoms with van der Waals surface area (Å²) in [5, 5.41) is 60.0. The van der Waals surface area contributed by atoms with Crippen molar-refractivity contribution in [2.75, 3.05) is 7.11 Å². The standard InChI is InChI=1S/C46H69NO11/c1-41(2)33-17-16-29-30(22-34(49)46(8)28(19-20-45(29,46)7)27-15-18-35(42(3,4)54)57-39(27)52)44(33,6)23-32(48)38(41)58-37(51)25-43(5,55)24-36(50)47-31(40(53)56-9)21-26-13-11-10-12-14-26/h10-14,27-28,31-35,38-39,48-49,52,54-55H,15-25H2,1-9H3,(H,47,50)/t27-,28-,31?,32-,33+,34+,35-,38+,39-,43?,44-,45+,46+/m1/s1. The van der Waals surface area contributed by atoms with E-state index in [0.717, 1.165) is 31.2 Å². The summed E-state index contributed by atoms with van der Waals surface area (Å²) in [6.07, 6.45) is 0.638. The van der Waals surface area contributed by atoms with Crippen LogP contribution >= 0.6 is 0 Å². The molecule has 0 bridgehead atoms. The molecule has 0 aromatic heterocycles. The zero-order chi connectivity index (χ0) is 42.8. The van der Waals surface area contributed by atoms with E-state index in [4.69, 9.17) is 14.2 Å². The number of allylic oxidation sites excluding steroid dienone is 1. The second kappa shape index (κ2) is 15.9. The smallest absolute Gasteiger partial charge is 0.328 e. The fourth-order valence-electron chi connectivity index (χ4n) is 12.9. The molecule has 1 amide bonds. The number of carbonyl (C=O) groups is 3. The molecule has 1 aromatic rings. The molecule has 1 aliphatic heterocycles. The van der Waals surface area contributed by atoms with Crippen molar-refractivity contribution in [3.63, 3.8) is 0 Å². The highest BCUT2D eigenvalue weighted by molar-refractivity contribution is 5.85. The molecule has 12 heteroatoms. The minimum Gasteiger partial charge on any atom is -0.467 e. The van der Waals surface area contributed by atoms with Gasteiger partial charge in [0, 0.05) is 23.2 Å². The molecule has 0 radical (unpaired) electrons. The molecule has 0 spiro atoms. The summed E-state index contributed by atoms with van der Waals surface area (Å²) >= 11 is 0. The van der Waals surface area contributed by atoms with Gasteiger partial charge in [-0.15, -0.1) is 0 Å². The fraction of sp³-hybridized carbons (Fsp3) is 0.761. The van der Waals surface area contributed by atoms with Gasteiger partial charge in [0.15, 0.2) is 6.29 Å². The van der Waals surface area contributed by atoms with Gasteiger partial charge in [0.05, 0.1) is 49.5 Å². The molecule has 4 aliphatic carbocycles. The first-order valence-electron chi connectivity index (χ1n) is 21.4. The number of benzene rings is 1. The molecular weight excluding hydrogens is 743 g/mol. The lowest BCUT2D eigenvalue weighted by atomic mass is 9.42. The van der Waals surface area contributed by atoms with E-state index in [2.05, 4.69) is 26.1 Å². The number of hydrogen-bond acceptors (Lipinski definition) is 11. The van der Waals surface area contributed by atoms with Crippen molar-refractivity contribution >= 4 is 17.8 Å². The first kappa shape index (κ1) is 44.7. The molecule has 1 heterocycles. The predicted octanol–water partition coefficient (Wildman–Crippen LogP) is 4.91. The van der Waals surface area contributed by atoms with E-state index in [1.165, 1.54) is 25.2 Å². The second-order valence-corrected chi connectivity index (χ2v) is 20.5. The van der Waals surface area contributed by atoms with Crippen LogP contribution in [-0.2, 0) is 35.0 Å². The number of aliphatic hydroxyl groups excluding tert-OH is 3. The van der Waals surface area contributed by atoms with Crippen LogP contribution in [0.15, 0.2) is 41.5 Å². The number of aliphatic hydroxyl groups is 5. The summed E-state index contributed by atoms with van der Waals surface area (Å²) in [5.41, 5.74) is -1.49. The number of rotatable bonds is 11. The topological polar surface area (TPSA) is 192 Å². The zero-order valence-electron chi connectivity index (χ0n) is 36.0. The molecule has 13 atom stereocenters. The third kappa shape index (κ3) is 7.91. The quantitative estimate of drug-likeness (QED) is 0.132. The monoisotopic (exact) mass is 811 g/mol. The van der Waals surface area contributed by atoms with E-state index in [9.17, 15) is 39.9 Å². The van der Waals surface area contributed by atoms with Crippen LogP contribution in [0.1, 0.15) is 125 Å². The summed E-state index contributed by atoms with van der Waals surface area (Å²) in [6.45, 7) is 15.5. The maximum Gasteiger partial charge on any atom is 0.328 e. The average molecular weight is 812 g/mol.